The van der Waals surface area contributed by atoms with Gasteiger partial charge in [-0.15, -0.1) is 0 Å². The molecule has 2 heterocycles. The van der Waals surface area contributed by atoms with Gasteiger partial charge in [-0.25, -0.2) is 19.0 Å². The first-order chi connectivity index (χ1) is 14.2. The molecule has 2 aliphatic rings. The van der Waals surface area contributed by atoms with E-state index in [2.05, 4.69) is 5.32 Å². The average Bonchev–Trinajstić information content (AvgIpc) is 2.94. The van der Waals surface area contributed by atoms with Crippen molar-refractivity contribution in [2.24, 2.45) is 11.1 Å². The number of carboxylic acids is 1. The Hall–Kier alpha value is -1.73. The SMILES string of the molecule is CC[C@H](C)NC(=O)N(C[C@@H]1CO[C@@H](C/C(C)=C/C(=O)O)[C@@H]2OC(C)(C)O[C@H]12)S(N)(=O)=O. The van der Waals surface area contributed by atoms with E-state index in [0.717, 1.165) is 6.08 Å². The number of urea groups is 1. The minimum Gasteiger partial charge on any atom is -0.478 e. The fraction of sp³-hybridized carbons (Fsp3) is 0.789. The number of aliphatic carboxylic acids is 1. The molecule has 31 heavy (non-hydrogen) atoms. The normalized spacial score (nSPS) is 29.2. The third-order valence-corrected chi connectivity index (χ3v) is 6.26. The number of fused-ring (bicyclic) bond motifs is 1. The minimum atomic E-state index is -4.33. The van der Waals surface area contributed by atoms with E-state index < -0.39 is 52.2 Å². The van der Waals surface area contributed by atoms with Crippen LogP contribution in [0.15, 0.2) is 11.6 Å². The highest BCUT2D eigenvalue weighted by Crippen LogP contribution is 2.39. The summed E-state index contributed by atoms with van der Waals surface area (Å²) in [4.78, 5) is 23.5. The van der Waals surface area contributed by atoms with Gasteiger partial charge in [0.15, 0.2) is 5.79 Å². The highest BCUT2D eigenvalue weighted by Gasteiger charge is 2.52. The summed E-state index contributed by atoms with van der Waals surface area (Å²) in [5.74, 6) is -2.52. The van der Waals surface area contributed by atoms with Crippen LogP contribution in [0.3, 0.4) is 0 Å². The van der Waals surface area contributed by atoms with Crippen LogP contribution in [0.5, 0.6) is 0 Å². The van der Waals surface area contributed by atoms with Crippen molar-refractivity contribution in [1.82, 2.24) is 9.62 Å². The number of nitrogens with zero attached hydrogens (tertiary/aromatic N) is 1. The predicted octanol–water partition coefficient (Wildman–Crippen LogP) is 0.956. The summed E-state index contributed by atoms with van der Waals surface area (Å²) >= 11 is 0. The maximum Gasteiger partial charge on any atom is 0.332 e. The number of ether oxygens (including phenoxy) is 3. The maximum absolute atomic E-state index is 12.5. The minimum absolute atomic E-state index is 0.0915. The van der Waals surface area contributed by atoms with Gasteiger partial charge in [0.1, 0.15) is 6.10 Å². The van der Waals surface area contributed by atoms with Crippen LogP contribution >= 0.6 is 0 Å². The van der Waals surface area contributed by atoms with E-state index >= 15 is 0 Å². The van der Waals surface area contributed by atoms with Crippen LogP contribution in [0.1, 0.15) is 47.5 Å². The molecular weight excluding hydrogens is 430 g/mol. The van der Waals surface area contributed by atoms with E-state index in [0.29, 0.717) is 22.7 Å². The molecule has 11 nitrogen and oxygen atoms in total. The Morgan fingerprint density at radius 3 is 2.48 bits per heavy atom. The summed E-state index contributed by atoms with van der Waals surface area (Å²) in [5, 5.41) is 16.9. The molecule has 0 aromatic carbocycles. The number of carboxylic acid groups (broad SMARTS) is 1. The third-order valence-electron chi connectivity index (χ3n) is 5.33. The van der Waals surface area contributed by atoms with Crippen LogP contribution < -0.4 is 10.5 Å². The number of carbonyl (C=O) groups excluding carboxylic acids is 1. The Morgan fingerprint density at radius 1 is 1.32 bits per heavy atom. The molecule has 4 N–H and O–H groups in total. The van der Waals surface area contributed by atoms with E-state index in [-0.39, 0.29) is 19.2 Å². The number of hydrogen-bond donors (Lipinski definition) is 3. The maximum atomic E-state index is 12.5. The summed E-state index contributed by atoms with van der Waals surface area (Å²) in [5.41, 5.74) is 0.599. The molecule has 178 valence electrons. The summed E-state index contributed by atoms with van der Waals surface area (Å²) in [6.45, 7) is 8.61. The molecular formula is C19H33N3O8S. The lowest BCUT2D eigenvalue weighted by molar-refractivity contribution is -0.153. The van der Waals surface area contributed by atoms with Gasteiger partial charge < -0.3 is 24.6 Å². The lowest BCUT2D eigenvalue weighted by Crippen LogP contribution is -2.56. The fourth-order valence-corrected chi connectivity index (χ4v) is 4.41. The topological polar surface area (TPSA) is 157 Å². The highest BCUT2D eigenvalue weighted by molar-refractivity contribution is 7.87. The second kappa shape index (κ2) is 9.82. The molecule has 0 aromatic heterocycles. The van der Waals surface area contributed by atoms with E-state index in [4.69, 9.17) is 24.5 Å². The van der Waals surface area contributed by atoms with Crippen molar-refractivity contribution in [3.63, 3.8) is 0 Å². The first kappa shape index (κ1) is 25.5. The summed E-state index contributed by atoms with van der Waals surface area (Å²) in [6.07, 6.45) is 0.436. The van der Waals surface area contributed by atoms with E-state index in [1.165, 1.54) is 0 Å². The quantitative estimate of drug-likeness (QED) is 0.449. The van der Waals surface area contributed by atoms with Crippen molar-refractivity contribution < 1.29 is 37.3 Å². The van der Waals surface area contributed by atoms with Gasteiger partial charge >= 0.3 is 22.2 Å². The lowest BCUT2D eigenvalue weighted by atomic mass is 9.89. The number of amides is 2. The van der Waals surface area contributed by atoms with Crippen molar-refractivity contribution >= 4 is 22.2 Å². The Kier molecular flexibility index (Phi) is 8.09. The molecule has 5 atom stereocenters. The van der Waals surface area contributed by atoms with Crippen LogP contribution in [-0.2, 0) is 29.2 Å². The van der Waals surface area contributed by atoms with Crippen molar-refractivity contribution in [3.05, 3.63) is 11.6 Å². The van der Waals surface area contributed by atoms with Crippen molar-refractivity contribution in [1.29, 1.82) is 0 Å². The molecule has 0 saturated carbocycles. The first-order valence-electron chi connectivity index (χ1n) is 10.2. The Morgan fingerprint density at radius 2 is 1.94 bits per heavy atom. The largest absolute Gasteiger partial charge is 0.478 e. The van der Waals surface area contributed by atoms with Gasteiger partial charge in [-0.1, -0.05) is 12.5 Å². The van der Waals surface area contributed by atoms with Crippen LogP contribution in [-0.4, -0.2) is 73.1 Å². The number of nitrogens with one attached hydrogen (secondary N) is 1. The molecule has 0 aromatic rings. The summed E-state index contributed by atoms with van der Waals surface area (Å²) in [6, 6.07) is -1.04. The third kappa shape index (κ3) is 6.88. The molecule has 12 heteroatoms. The number of hydrogen-bond acceptors (Lipinski definition) is 7. The molecule has 2 rings (SSSR count). The van der Waals surface area contributed by atoms with Gasteiger partial charge in [0, 0.05) is 24.6 Å². The Bertz CT molecular complexity index is 813. The van der Waals surface area contributed by atoms with Gasteiger partial charge in [0.25, 0.3) is 0 Å². The second-order valence-electron chi connectivity index (χ2n) is 8.56. The van der Waals surface area contributed by atoms with Crippen molar-refractivity contribution in [2.45, 2.75) is 77.6 Å². The zero-order chi connectivity index (χ0) is 23.6. The van der Waals surface area contributed by atoms with Crippen LogP contribution in [0, 0.1) is 5.92 Å². The zero-order valence-corrected chi connectivity index (χ0v) is 19.3. The molecule has 0 spiro atoms. The van der Waals surface area contributed by atoms with E-state index in [9.17, 15) is 18.0 Å². The van der Waals surface area contributed by atoms with E-state index in [1.807, 2.05) is 6.92 Å². The molecule has 2 fully saturated rings. The summed E-state index contributed by atoms with van der Waals surface area (Å²) in [7, 11) is -4.33. The smallest absolute Gasteiger partial charge is 0.332 e. The Balaban J connectivity index is 2.22. The molecule has 0 bridgehead atoms. The number of carbonyl (C=O) groups is 2. The van der Waals surface area contributed by atoms with Gasteiger partial charge in [-0.3, -0.25) is 0 Å². The monoisotopic (exact) mass is 463 g/mol. The second-order valence-corrected chi connectivity index (χ2v) is 10.0. The number of rotatable bonds is 8. The van der Waals surface area contributed by atoms with Crippen molar-refractivity contribution in [3.8, 4) is 0 Å². The fourth-order valence-electron chi connectivity index (χ4n) is 3.73. The highest BCUT2D eigenvalue weighted by atomic mass is 32.2. The summed E-state index contributed by atoms with van der Waals surface area (Å²) < 4.78 is 42.7. The van der Waals surface area contributed by atoms with Gasteiger partial charge in [-0.2, -0.15) is 8.42 Å². The predicted molar refractivity (Wildman–Crippen MR) is 111 cm³/mol. The van der Waals surface area contributed by atoms with Crippen LogP contribution in [0.2, 0.25) is 0 Å². The Labute approximate surface area is 183 Å². The van der Waals surface area contributed by atoms with Crippen LogP contribution in [0.4, 0.5) is 4.79 Å². The van der Waals surface area contributed by atoms with Gasteiger partial charge in [0.2, 0.25) is 0 Å². The molecule has 0 unspecified atom stereocenters. The zero-order valence-electron chi connectivity index (χ0n) is 18.5. The molecule has 2 saturated heterocycles. The number of nitrogens with two attached hydrogens (primary N) is 1. The standard InChI is InChI=1S/C19H33N3O8S/c1-6-12(3)21-18(25)22(31(20,26)27)9-13-10-28-14(7-11(2)8-15(23)24)17-16(13)29-19(4,5)30-17/h8,12-14,16-17H,6-7,9-10H2,1-5H3,(H,21,25)(H,23,24)(H2,20,26,27)/b11-8+/t12-,13+,14-,16+,17-/m0/s1. The molecule has 0 aliphatic carbocycles. The van der Waals surface area contributed by atoms with Crippen molar-refractivity contribution in [2.75, 3.05) is 13.2 Å². The molecule has 0 radical (unpaired) electrons. The van der Waals surface area contributed by atoms with Gasteiger partial charge in [0.05, 0.1) is 18.8 Å². The van der Waals surface area contributed by atoms with Gasteiger partial charge in [-0.05, 0) is 40.5 Å². The van der Waals surface area contributed by atoms with Crippen LogP contribution in [0.25, 0.3) is 0 Å². The first-order valence-corrected chi connectivity index (χ1v) is 11.7. The van der Waals surface area contributed by atoms with E-state index in [1.54, 1.807) is 27.7 Å². The molecule has 2 amide bonds. The average molecular weight is 464 g/mol. The molecule has 2 aliphatic heterocycles. The lowest BCUT2D eigenvalue weighted by Gasteiger charge is -2.38.